The van der Waals surface area contributed by atoms with Crippen LogP contribution in [-0.4, -0.2) is 4.98 Å². The molecule has 0 atom stereocenters. The number of benzene rings is 1. The fourth-order valence-corrected chi connectivity index (χ4v) is 2.33. The lowest BCUT2D eigenvalue weighted by Gasteiger charge is -2.10. The van der Waals surface area contributed by atoms with Crippen molar-refractivity contribution in [3.63, 3.8) is 0 Å². The maximum atomic E-state index is 12.9. The first-order valence-electron chi connectivity index (χ1n) is 4.89. The van der Waals surface area contributed by atoms with E-state index >= 15 is 0 Å². The predicted molar refractivity (Wildman–Crippen MR) is 61.7 cm³/mol. The Morgan fingerprint density at radius 2 is 1.94 bits per heavy atom. The minimum atomic E-state index is -4.63. The largest absolute Gasteiger partial charge is 0.417 e. The Morgan fingerprint density at radius 1 is 1.28 bits per heavy atom. The lowest BCUT2D eigenvalue weighted by atomic mass is 10.1. The molecule has 0 aliphatic rings. The summed E-state index contributed by atoms with van der Waals surface area (Å²) in [6.07, 6.45) is -4.63. The summed E-state index contributed by atoms with van der Waals surface area (Å²) in [4.78, 5) is 4.49. The Hall–Kier alpha value is -1.63. The molecular formula is C11H8F4N2S. The number of aryl methyl sites for hydroxylation is 1. The molecule has 0 bridgehead atoms. The highest BCUT2D eigenvalue weighted by Gasteiger charge is 2.35. The van der Waals surface area contributed by atoms with Gasteiger partial charge < -0.3 is 5.73 Å². The van der Waals surface area contributed by atoms with Crippen molar-refractivity contribution in [2.24, 2.45) is 0 Å². The number of thiazole rings is 1. The molecule has 0 unspecified atom stereocenters. The molecule has 2 aromatic rings. The molecule has 0 spiro atoms. The van der Waals surface area contributed by atoms with Gasteiger partial charge in [-0.15, -0.1) is 11.3 Å². The molecule has 2 rings (SSSR count). The van der Waals surface area contributed by atoms with Crippen molar-refractivity contribution in [1.82, 2.24) is 4.98 Å². The summed E-state index contributed by atoms with van der Waals surface area (Å²) in [5.74, 6) is -0.750. The third-order valence-electron chi connectivity index (χ3n) is 2.35. The molecule has 0 saturated heterocycles. The van der Waals surface area contributed by atoms with Crippen LogP contribution >= 0.6 is 11.3 Å². The number of anilines is 1. The molecule has 7 heteroatoms. The van der Waals surface area contributed by atoms with Gasteiger partial charge >= 0.3 is 6.18 Å². The van der Waals surface area contributed by atoms with E-state index in [0.717, 1.165) is 23.5 Å². The van der Waals surface area contributed by atoms with Crippen molar-refractivity contribution in [3.8, 4) is 10.6 Å². The van der Waals surface area contributed by atoms with Crippen molar-refractivity contribution in [1.29, 1.82) is 0 Å². The van der Waals surface area contributed by atoms with Gasteiger partial charge in [-0.2, -0.15) is 13.2 Å². The lowest BCUT2D eigenvalue weighted by Crippen LogP contribution is -2.07. The minimum absolute atomic E-state index is 0.136. The standard InChI is InChI=1S/C11H8F4N2S/c1-5-9(16)17-10(18-5)7-3-2-6(12)4-8(7)11(13,14)15/h2-4H,16H2,1H3. The van der Waals surface area contributed by atoms with E-state index in [2.05, 4.69) is 4.98 Å². The monoisotopic (exact) mass is 276 g/mol. The Kier molecular flexibility index (Phi) is 3.02. The Balaban J connectivity index is 2.64. The molecule has 0 aliphatic carbocycles. The predicted octanol–water partition coefficient (Wildman–Crippen LogP) is 3.86. The zero-order chi connectivity index (χ0) is 13.5. The van der Waals surface area contributed by atoms with E-state index in [9.17, 15) is 17.6 Å². The summed E-state index contributed by atoms with van der Waals surface area (Å²) in [5, 5.41) is 0.136. The molecule has 2 N–H and O–H groups in total. The van der Waals surface area contributed by atoms with Crippen molar-refractivity contribution in [2.45, 2.75) is 13.1 Å². The zero-order valence-corrected chi connectivity index (χ0v) is 9.99. The first kappa shape index (κ1) is 12.8. The van der Waals surface area contributed by atoms with Crippen LogP contribution in [0.25, 0.3) is 10.6 Å². The number of hydrogen-bond donors (Lipinski definition) is 1. The molecule has 1 aromatic carbocycles. The minimum Gasteiger partial charge on any atom is -0.383 e. The Morgan fingerprint density at radius 3 is 2.44 bits per heavy atom. The molecule has 18 heavy (non-hydrogen) atoms. The maximum Gasteiger partial charge on any atom is 0.417 e. The van der Waals surface area contributed by atoms with E-state index in [4.69, 9.17) is 5.73 Å². The normalized spacial score (nSPS) is 11.8. The second-order valence-corrected chi connectivity index (χ2v) is 4.85. The average Bonchev–Trinajstić information content (AvgIpc) is 2.57. The van der Waals surface area contributed by atoms with Gasteiger partial charge in [0, 0.05) is 10.4 Å². The molecule has 1 aromatic heterocycles. The summed E-state index contributed by atoms with van der Waals surface area (Å²) >= 11 is 1.05. The van der Waals surface area contributed by atoms with E-state index < -0.39 is 17.6 Å². The SMILES string of the molecule is Cc1sc(-c2ccc(F)cc2C(F)(F)F)nc1N. The molecule has 0 fully saturated rings. The second kappa shape index (κ2) is 4.24. The number of nitrogen functional groups attached to an aromatic ring is 1. The first-order valence-corrected chi connectivity index (χ1v) is 5.70. The average molecular weight is 276 g/mol. The van der Waals surface area contributed by atoms with Gasteiger partial charge in [-0.05, 0) is 25.1 Å². The molecule has 0 amide bonds. The van der Waals surface area contributed by atoms with Crippen molar-refractivity contribution in [3.05, 3.63) is 34.5 Å². The lowest BCUT2D eigenvalue weighted by molar-refractivity contribution is -0.137. The van der Waals surface area contributed by atoms with Crippen molar-refractivity contribution >= 4 is 17.2 Å². The van der Waals surface area contributed by atoms with Crippen LogP contribution < -0.4 is 5.73 Å². The van der Waals surface area contributed by atoms with Crippen LogP contribution in [0.15, 0.2) is 18.2 Å². The van der Waals surface area contributed by atoms with Gasteiger partial charge in [-0.25, -0.2) is 9.37 Å². The smallest absolute Gasteiger partial charge is 0.383 e. The number of nitrogens with two attached hydrogens (primary N) is 1. The van der Waals surface area contributed by atoms with Gasteiger partial charge in [0.2, 0.25) is 0 Å². The number of nitrogens with zero attached hydrogens (tertiary/aromatic N) is 1. The molecule has 2 nitrogen and oxygen atoms in total. The van der Waals surface area contributed by atoms with E-state index in [1.807, 2.05) is 0 Å². The number of aromatic nitrogens is 1. The second-order valence-electron chi connectivity index (χ2n) is 3.65. The zero-order valence-electron chi connectivity index (χ0n) is 9.18. The first-order chi connectivity index (χ1) is 8.29. The van der Waals surface area contributed by atoms with Gasteiger partial charge in [-0.1, -0.05) is 0 Å². The van der Waals surface area contributed by atoms with Crippen LogP contribution in [-0.2, 0) is 6.18 Å². The number of alkyl halides is 3. The highest BCUT2D eigenvalue weighted by Crippen LogP contribution is 2.39. The van der Waals surface area contributed by atoms with Gasteiger partial charge in [0.25, 0.3) is 0 Å². The Labute approximate surface area is 104 Å². The number of rotatable bonds is 1. The molecular weight excluding hydrogens is 268 g/mol. The highest BCUT2D eigenvalue weighted by molar-refractivity contribution is 7.15. The van der Waals surface area contributed by atoms with Crippen LogP contribution in [0.2, 0.25) is 0 Å². The molecule has 0 aliphatic heterocycles. The van der Waals surface area contributed by atoms with Crippen LogP contribution in [0.4, 0.5) is 23.4 Å². The van der Waals surface area contributed by atoms with Gasteiger partial charge in [0.05, 0.1) is 5.56 Å². The fourth-order valence-electron chi connectivity index (χ4n) is 1.46. The van der Waals surface area contributed by atoms with Gasteiger partial charge in [0.1, 0.15) is 16.6 Å². The van der Waals surface area contributed by atoms with Crippen LogP contribution in [0.1, 0.15) is 10.4 Å². The summed E-state index contributed by atoms with van der Waals surface area (Å²) in [6.45, 7) is 1.66. The third kappa shape index (κ3) is 2.31. The third-order valence-corrected chi connectivity index (χ3v) is 3.37. The number of halogens is 4. The van der Waals surface area contributed by atoms with E-state index in [1.54, 1.807) is 6.92 Å². The van der Waals surface area contributed by atoms with Gasteiger partial charge in [-0.3, -0.25) is 0 Å². The van der Waals surface area contributed by atoms with E-state index in [1.165, 1.54) is 0 Å². The number of hydrogen-bond acceptors (Lipinski definition) is 3. The summed E-state index contributed by atoms with van der Waals surface area (Å²) in [5.41, 5.74) is 4.31. The molecule has 0 saturated carbocycles. The van der Waals surface area contributed by atoms with Crippen LogP contribution in [0.3, 0.4) is 0 Å². The van der Waals surface area contributed by atoms with Crippen LogP contribution in [0, 0.1) is 12.7 Å². The topological polar surface area (TPSA) is 38.9 Å². The Bertz CT molecular complexity index is 570. The molecule has 0 radical (unpaired) electrons. The quantitative estimate of drug-likeness (QED) is 0.803. The van der Waals surface area contributed by atoms with Crippen molar-refractivity contribution in [2.75, 3.05) is 5.73 Å². The molecule has 1 heterocycles. The fraction of sp³-hybridized carbons (Fsp3) is 0.182. The summed E-state index contributed by atoms with van der Waals surface area (Å²) < 4.78 is 51.3. The van der Waals surface area contributed by atoms with Gasteiger partial charge in [0.15, 0.2) is 0 Å². The van der Waals surface area contributed by atoms with Crippen LogP contribution in [0.5, 0.6) is 0 Å². The highest BCUT2D eigenvalue weighted by atomic mass is 32.1. The maximum absolute atomic E-state index is 12.9. The summed E-state index contributed by atoms with van der Waals surface area (Å²) in [6, 6.07) is 2.50. The van der Waals surface area contributed by atoms with Crippen molar-refractivity contribution < 1.29 is 17.6 Å². The summed E-state index contributed by atoms with van der Waals surface area (Å²) in [7, 11) is 0. The van der Waals surface area contributed by atoms with E-state index in [-0.39, 0.29) is 16.4 Å². The molecule has 96 valence electrons. The van der Waals surface area contributed by atoms with E-state index in [0.29, 0.717) is 10.9 Å².